The molecule has 0 unspecified atom stereocenters. The number of thiazole rings is 2. The van der Waals surface area contributed by atoms with E-state index in [4.69, 9.17) is 12.2 Å². The molecule has 0 saturated heterocycles. The first kappa shape index (κ1) is 18.2. The molecule has 4 aromatic heterocycles. The van der Waals surface area contributed by atoms with Gasteiger partial charge in [-0.05, 0) is 23.7 Å². The molecule has 138 valence electrons. The Labute approximate surface area is 171 Å². The summed E-state index contributed by atoms with van der Waals surface area (Å²) in [5.41, 5.74) is 2.69. The summed E-state index contributed by atoms with van der Waals surface area (Å²) in [6.07, 6.45) is 0.773. The van der Waals surface area contributed by atoms with Crippen molar-refractivity contribution in [2.24, 2.45) is 7.05 Å². The van der Waals surface area contributed by atoms with Gasteiger partial charge < -0.3 is 9.88 Å². The molecule has 4 heterocycles. The number of carbonyl (C=O) groups excluding carboxylic acids is 1. The number of aromatic amines is 1. The number of nitrogens with zero attached hydrogens (tertiary/aromatic N) is 4. The van der Waals surface area contributed by atoms with Crippen LogP contribution in [0.4, 0.5) is 5.13 Å². The van der Waals surface area contributed by atoms with Crippen molar-refractivity contribution in [3.8, 4) is 10.6 Å². The summed E-state index contributed by atoms with van der Waals surface area (Å²) in [4.78, 5) is 21.3. The predicted octanol–water partition coefficient (Wildman–Crippen LogP) is 3.89. The van der Waals surface area contributed by atoms with Crippen molar-refractivity contribution in [1.29, 1.82) is 0 Å². The van der Waals surface area contributed by atoms with E-state index < -0.39 is 0 Å². The van der Waals surface area contributed by atoms with Gasteiger partial charge in [0.1, 0.15) is 10.8 Å². The molecule has 0 aliphatic heterocycles. The van der Waals surface area contributed by atoms with Gasteiger partial charge in [-0.25, -0.2) is 9.97 Å². The van der Waals surface area contributed by atoms with E-state index in [2.05, 4.69) is 25.5 Å². The van der Waals surface area contributed by atoms with Crippen LogP contribution >= 0.6 is 46.2 Å². The van der Waals surface area contributed by atoms with Crippen molar-refractivity contribution >= 4 is 57.3 Å². The minimum atomic E-state index is -0.128. The lowest BCUT2D eigenvalue weighted by atomic mass is 10.3. The number of amides is 1. The summed E-state index contributed by atoms with van der Waals surface area (Å²) < 4.78 is 2.37. The van der Waals surface area contributed by atoms with Crippen LogP contribution in [0.25, 0.3) is 10.6 Å². The lowest BCUT2D eigenvalue weighted by Crippen LogP contribution is -2.14. The van der Waals surface area contributed by atoms with Crippen molar-refractivity contribution in [2.45, 2.75) is 12.8 Å². The Morgan fingerprint density at radius 1 is 1.26 bits per heavy atom. The molecule has 0 aromatic carbocycles. The molecule has 0 atom stereocenters. The third-order valence-electron chi connectivity index (χ3n) is 3.77. The predicted molar refractivity (Wildman–Crippen MR) is 111 cm³/mol. The van der Waals surface area contributed by atoms with Crippen molar-refractivity contribution in [3.05, 3.63) is 49.6 Å². The Morgan fingerprint density at radius 3 is 2.85 bits per heavy atom. The Morgan fingerprint density at radius 2 is 2.11 bits per heavy atom. The summed E-state index contributed by atoms with van der Waals surface area (Å²) in [5, 5.41) is 19.2. The van der Waals surface area contributed by atoms with Crippen LogP contribution in [0.2, 0.25) is 0 Å². The van der Waals surface area contributed by atoms with Crippen LogP contribution in [0.15, 0.2) is 27.6 Å². The number of hydrogen-bond acceptors (Lipinski definition) is 8. The first-order valence-electron chi connectivity index (χ1n) is 7.90. The molecule has 27 heavy (non-hydrogen) atoms. The van der Waals surface area contributed by atoms with Gasteiger partial charge in [0.05, 0.1) is 24.2 Å². The summed E-state index contributed by atoms with van der Waals surface area (Å²) in [5.74, 6) is 0.669. The maximum Gasteiger partial charge on any atom is 0.232 e. The maximum absolute atomic E-state index is 12.3. The normalized spacial score (nSPS) is 11.0. The molecule has 4 rings (SSSR count). The molecule has 0 radical (unpaired) electrons. The van der Waals surface area contributed by atoms with Gasteiger partial charge in [0.15, 0.2) is 9.90 Å². The van der Waals surface area contributed by atoms with E-state index in [9.17, 15) is 4.79 Å². The molecule has 0 bridgehead atoms. The number of thiophene rings is 1. The average molecular weight is 435 g/mol. The van der Waals surface area contributed by atoms with E-state index in [1.54, 1.807) is 27.2 Å². The SMILES string of the molecule is Cn1c(Cc2csc(NC(=O)Cc3csc(-c4ccsc4)n3)n2)n[nH]c1=S. The molecule has 4 aromatic rings. The number of carbonyl (C=O) groups is 1. The topological polar surface area (TPSA) is 88.5 Å². The highest BCUT2D eigenvalue weighted by atomic mass is 32.1. The number of rotatable bonds is 6. The quantitative estimate of drug-likeness (QED) is 0.450. The van der Waals surface area contributed by atoms with Gasteiger partial charge in [-0.1, -0.05) is 0 Å². The van der Waals surface area contributed by atoms with Crippen LogP contribution < -0.4 is 5.32 Å². The Balaban J connectivity index is 1.37. The number of nitrogens with one attached hydrogen (secondary N) is 2. The molecular weight excluding hydrogens is 420 g/mol. The zero-order chi connectivity index (χ0) is 18.8. The lowest BCUT2D eigenvalue weighted by Gasteiger charge is -1.99. The first-order chi connectivity index (χ1) is 13.1. The average Bonchev–Trinajstić information content (AvgIpc) is 3.41. The standard InChI is InChI=1S/C16H14N6OS4/c1-22-12(20-21-16(22)24)4-10-8-27-15(18-10)19-13(23)5-11-7-26-14(17-11)9-2-3-25-6-9/h2-3,6-8H,4-5H2,1H3,(H,21,24)(H,18,19,23). The molecule has 7 nitrogen and oxygen atoms in total. The minimum absolute atomic E-state index is 0.128. The van der Waals surface area contributed by atoms with Crippen molar-refractivity contribution in [1.82, 2.24) is 24.7 Å². The highest BCUT2D eigenvalue weighted by Gasteiger charge is 2.12. The van der Waals surface area contributed by atoms with Crippen LogP contribution in [-0.2, 0) is 24.7 Å². The van der Waals surface area contributed by atoms with Crippen molar-refractivity contribution < 1.29 is 4.79 Å². The number of anilines is 1. The van der Waals surface area contributed by atoms with Crippen LogP contribution in [0, 0.1) is 4.77 Å². The van der Waals surface area contributed by atoms with E-state index in [0.717, 1.165) is 27.8 Å². The van der Waals surface area contributed by atoms with Gasteiger partial charge >= 0.3 is 0 Å². The molecule has 0 saturated carbocycles. The largest absolute Gasteiger partial charge is 0.307 e. The molecule has 11 heteroatoms. The number of hydrogen-bond donors (Lipinski definition) is 2. The monoisotopic (exact) mass is 434 g/mol. The zero-order valence-electron chi connectivity index (χ0n) is 14.1. The van der Waals surface area contributed by atoms with Crippen molar-refractivity contribution in [3.63, 3.8) is 0 Å². The first-order valence-corrected chi connectivity index (χ1v) is 11.0. The molecule has 0 fully saturated rings. The molecule has 0 aliphatic carbocycles. The summed E-state index contributed by atoms with van der Waals surface area (Å²) in [6, 6.07) is 2.03. The van der Waals surface area contributed by atoms with Crippen molar-refractivity contribution in [2.75, 3.05) is 5.32 Å². The second kappa shape index (κ2) is 7.80. The Bertz CT molecular complexity index is 1120. The highest BCUT2D eigenvalue weighted by molar-refractivity contribution is 7.71. The summed E-state index contributed by atoms with van der Waals surface area (Å²) in [7, 11) is 1.86. The van der Waals surface area contributed by atoms with Crippen LogP contribution in [0.1, 0.15) is 17.2 Å². The third kappa shape index (κ3) is 4.21. The van der Waals surface area contributed by atoms with Gasteiger partial charge in [0.2, 0.25) is 5.91 Å². The highest BCUT2D eigenvalue weighted by Crippen LogP contribution is 2.26. The minimum Gasteiger partial charge on any atom is -0.307 e. The Hall–Kier alpha value is -2.21. The van der Waals surface area contributed by atoms with Crippen LogP contribution in [0.3, 0.4) is 0 Å². The van der Waals surface area contributed by atoms with E-state index in [1.807, 2.05) is 34.6 Å². The molecular formula is C16H14N6OS4. The number of H-pyrrole nitrogens is 1. The fourth-order valence-corrected chi connectivity index (χ4v) is 4.79. The van der Waals surface area contributed by atoms with E-state index >= 15 is 0 Å². The smallest absolute Gasteiger partial charge is 0.232 e. The molecule has 0 spiro atoms. The molecule has 1 amide bonds. The fraction of sp³-hybridized carbons (Fsp3) is 0.188. The second-order valence-electron chi connectivity index (χ2n) is 5.71. The van der Waals surface area contributed by atoms with Gasteiger partial charge in [0.25, 0.3) is 0 Å². The second-order valence-corrected chi connectivity index (χ2v) is 8.59. The summed E-state index contributed by atoms with van der Waals surface area (Å²) in [6.45, 7) is 0. The van der Waals surface area contributed by atoms with Gasteiger partial charge in [-0.15, -0.1) is 22.7 Å². The van der Waals surface area contributed by atoms with E-state index in [0.29, 0.717) is 16.3 Å². The molecule has 2 N–H and O–H groups in total. The number of aromatic nitrogens is 5. The fourth-order valence-electron chi connectivity index (χ4n) is 2.38. The van der Waals surface area contributed by atoms with Crippen LogP contribution in [-0.4, -0.2) is 30.6 Å². The lowest BCUT2D eigenvalue weighted by molar-refractivity contribution is -0.115. The Kier molecular flexibility index (Phi) is 5.25. The van der Waals surface area contributed by atoms with Gasteiger partial charge in [-0.3, -0.25) is 9.89 Å². The van der Waals surface area contributed by atoms with Crippen LogP contribution in [0.5, 0.6) is 0 Å². The zero-order valence-corrected chi connectivity index (χ0v) is 17.4. The molecule has 0 aliphatic rings. The van der Waals surface area contributed by atoms with E-state index in [-0.39, 0.29) is 12.3 Å². The van der Waals surface area contributed by atoms with Gasteiger partial charge in [0, 0.05) is 28.8 Å². The third-order valence-corrected chi connectivity index (χ3v) is 6.57. The maximum atomic E-state index is 12.3. The summed E-state index contributed by atoms with van der Waals surface area (Å²) >= 11 is 9.68. The van der Waals surface area contributed by atoms with E-state index in [1.165, 1.54) is 11.3 Å². The van der Waals surface area contributed by atoms with Gasteiger partial charge in [-0.2, -0.15) is 16.4 Å².